The highest BCUT2D eigenvalue weighted by Gasteiger charge is 2.10. The summed E-state index contributed by atoms with van der Waals surface area (Å²) in [6.07, 6.45) is 3.34. The van der Waals surface area contributed by atoms with Crippen molar-refractivity contribution < 1.29 is 19.1 Å². The third kappa shape index (κ3) is 3.07. The molecule has 1 aromatic carbocycles. The molecule has 0 aliphatic carbocycles. The largest absolute Gasteiger partial charge is 0.423 e. The Morgan fingerprint density at radius 2 is 1.78 bits per heavy atom. The lowest BCUT2D eigenvalue weighted by atomic mass is 10.3. The average molecular weight is 244 g/mol. The molecule has 2 aromatic rings. The zero-order chi connectivity index (χ0) is 12.8. The second kappa shape index (κ2) is 5.82. The van der Waals surface area contributed by atoms with Crippen LogP contribution in [0.5, 0.6) is 5.75 Å². The number of rotatable bonds is 4. The predicted molar refractivity (Wildman–Crippen MR) is 65.2 cm³/mol. The molecule has 0 atom stereocenters. The molecule has 0 bridgehead atoms. The van der Waals surface area contributed by atoms with Gasteiger partial charge in [0.25, 0.3) is 0 Å². The lowest BCUT2D eigenvalue weighted by Crippen LogP contribution is -2.41. The van der Waals surface area contributed by atoms with Crippen molar-refractivity contribution in [2.45, 2.75) is 6.92 Å². The van der Waals surface area contributed by atoms with E-state index in [1.54, 1.807) is 41.4 Å². The maximum absolute atomic E-state index is 11.8. The molecule has 0 fully saturated rings. The molecule has 0 saturated carbocycles. The maximum Gasteiger partial charge on any atom is 0.343 e. The fraction of sp³-hybridized carbons (Fsp3) is 0.143. The molecule has 0 saturated heterocycles. The Labute approximate surface area is 105 Å². The summed E-state index contributed by atoms with van der Waals surface area (Å²) in [5.41, 5.74) is 0.481. The number of benzene rings is 1. The van der Waals surface area contributed by atoms with Crippen molar-refractivity contribution in [2.75, 3.05) is 6.61 Å². The Hall–Kier alpha value is -2.36. The Morgan fingerprint density at radius 3 is 2.39 bits per heavy atom. The summed E-state index contributed by atoms with van der Waals surface area (Å²) in [6, 6.07) is 12.3. The van der Waals surface area contributed by atoms with Crippen LogP contribution in [0.1, 0.15) is 17.3 Å². The number of pyridine rings is 1. The van der Waals surface area contributed by atoms with Gasteiger partial charge in [0.2, 0.25) is 12.4 Å². The molecule has 92 valence electrons. The van der Waals surface area contributed by atoms with Crippen LogP contribution in [0.4, 0.5) is 0 Å². The molecular formula is C14H14NO3+. The van der Waals surface area contributed by atoms with Crippen LogP contribution in [0.2, 0.25) is 0 Å². The highest BCUT2D eigenvalue weighted by atomic mass is 16.7. The molecule has 1 heterocycles. The summed E-state index contributed by atoms with van der Waals surface area (Å²) in [6.45, 7) is 2.46. The lowest BCUT2D eigenvalue weighted by molar-refractivity contribution is -0.891. The Kier molecular flexibility index (Phi) is 3.91. The van der Waals surface area contributed by atoms with E-state index in [0.717, 1.165) is 0 Å². The second-order valence-corrected chi connectivity index (χ2v) is 3.57. The van der Waals surface area contributed by atoms with E-state index in [1.807, 2.05) is 25.1 Å². The molecule has 1 aromatic heterocycles. The van der Waals surface area contributed by atoms with Crippen LogP contribution in [-0.2, 0) is 0 Å². The van der Waals surface area contributed by atoms with E-state index in [0.29, 0.717) is 17.9 Å². The number of carbonyl (C=O) groups is 1. The number of nitrogens with zero attached hydrogens (tertiary/aromatic N) is 1. The Morgan fingerprint density at radius 1 is 1.11 bits per heavy atom. The summed E-state index contributed by atoms with van der Waals surface area (Å²) in [5.74, 6) is 0.147. The third-order valence-electron chi connectivity index (χ3n) is 2.27. The van der Waals surface area contributed by atoms with Crippen LogP contribution in [0.25, 0.3) is 0 Å². The smallest absolute Gasteiger partial charge is 0.343 e. The van der Waals surface area contributed by atoms with Gasteiger partial charge in [-0.05, 0) is 19.1 Å². The molecule has 4 nitrogen and oxygen atoms in total. The van der Waals surface area contributed by atoms with Gasteiger partial charge in [-0.1, -0.05) is 18.2 Å². The number of aromatic nitrogens is 1. The van der Waals surface area contributed by atoms with Gasteiger partial charge in [-0.3, -0.25) is 4.84 Å². The zero-order valence-electron chi connectivity index (χ0n) is 10.1. The summed E-state index contributed by atoms with van der Waals surface area (Å²) in [7, 11) is 0. The maximum atomic E-state index is 11.8. The fourth-order valence-electron chi connectivity index (χ4n) is 1.44. The number of ether oxygens (including phenoxy) is 1. The van der Waals surface area contributed by atoms with Gasteiger partial charge in [0, 0.05) is 16.9 Å². The number of esters is 1. The minimum Gasteiger partial charge on any atom is -0.423 e. The molecule has 0 N–H and O–H groups in total. The third-order valence-corrected chi connectivity index (χ3v) is 2.27. The van der Waals surface area contributed by atoms with Crippen molar-refractivity contribution in [1.29, 1.82) is 0 Å². The van der Waals surface area contributed by atoms with E-state index in [4.69, 9.17) is 9.57 Å². The van der Waals surface area contributed by atoms with E-state index in [9.17, 15) is 4.79 Å². The minimum atomic E-state index is -0.384. The average Bonchev–Trinajstić information content (AvgIpc) is 2.41. The topological polar surface area (TPSA) is 39.4 Å². The Bertz CT molecular complexity index is 508. The molecule has 4 heteroatoms. The monoisotopic (exact) mass is 244 g/mol. The van der Waals surface area contributed by atoms with Crippen molar-refractivity contribution >= 4 is 5.97 Å². The van der Waals surface area contributed by atoms with Crippen molar-refractivity contribution in [3.05, 3.63) is 60.4 Å². The van der Waals surface area contributed by atoms with Gasteiger partial charge < -0.3 is 4.74 Å². The fourth-order valence-corrected chi connectivity index (χ4v) is 1.44. The predicted octanol–water partition coefficient (Wildman–Crippen LogP) is 1.64. The zero-order valence-corrected chi connectivity index (χ0v) is 10.1. The van der Waals surface area contributed by atoms with Crippen LogP contribution in [0.15, 0.2) is 54.9 Å². The molecule has 0 amide bonds. The van der Waals surface area contributed by atoms with Crippen LogP contribution in [0, 0.1) is 0 Å². The van der Waals surface area contributed by atoms with Gasteiger partial charge in [-0.2, -0.15) is 0 Å². The van der Waals surface area contributed by atoms with Crippen molar-refractivity contribution in [3.8, 4) is 5.75 Å². The van der Waals surface area contributed by atoms with E-state index < -0.39 is 0 Å². The molecule has 2 rings (SSSR count). The SMILES string of the molecule is CCO[n+]1ccc(C(=O)Oc2ccccc2)cc1. The van der Waals surface area contributed by atoms with Gasteiger partial charge in [0.05, 0.1) is 5.56 Å². The molecule has 0 spiro atoms. The van der Waals surface area contributed by atoms with E-state index in [1.165, 1.54) is 0 Å². The highest BCUT2D eigenvalue weighted by molar-refractivity contribution is 5.90. The minimum absolute atomic E-state index is 0.384. The van der Waals surface area contributed by atoms with Crippen molar-refractivity contribution in [2.24, 2.45) is 0 Å². The quantitative estimate of drug-likeness (QED) is 0.466. The molecule has 0 aliphatic rings. The van der Waals surface area contributed by atoms with Crippen LogP contribution < -0.4 is 14.3 Å². The van der Waals surface area contributed by atoms with E-state index in [-0.39, 0.29) is 5.97 Å². The first kappa shape index (κ1) is 12.1. The first-order chi connectivity index (χ1) is 8.79. The summed E-state index contributed by atoms with van der Waals surface area (Å²) < 4.78 is 6.75. The number of hydrogen-bond acceptors (Lipinski definition) is 3. The van der Waals surface area contributed by atoms with Gasteiger partial charge in [0.1, 0.15) is 5.75 Å². The van der Waals surface area contributed by atoms with E-state index >= 15 is 0 Å². The van der Waals surface area contributed by atoms with Gasteiger partial charge in [-0.15, -0.1) is 0 Å². The normalized spacial score (nSPS) is 9.83. The van der Waals surface area contributed by atoms with Crippen molar-refractivity contribution in [1.82, 2.24) is 0 Å². The van der Waals surface area contributed by atoms with E-state index in [2.05, 4.69) is 0 Å². The molecule has 0 aliphatic heterocycles. The van der Waals surface area contributed by atoms with Gasteiger partial charge >= 0.3 is 5.97 Å². The van der Waals surface area contributed by atoms with Crippen LogP contribution >= 0.6 is 0 Å². The second-order valence-electron chi connectivity index (χ2n) is 3.57. The molecular weight excluding hydrogens is 230 g/mol. The van der Waals surface area contributed by atoms with Crippen LogP contribution in [0.3, 0.4) is 0 Å². The van der Waals surface area contributed by atoms with Gasteiger partial charge in [0.15, 0.2) is 6.61 Å². The van der Waals surface area contributed by atoms with Crippen molar-refractivity contribution in [3.63, 3.8) is 0 Å². The Balaban J connectivity index is 2.05. The molecule has 18 heavy (non-hydrogen) atoms. The number of hydrogen-bond donors (Lipinski definition) is 0. The highest BCUT2D eigenvalue weighted by Crippen LogP contribution is 2.10. The summed E-state index contributed by atoms with van der Waals surface area (Å²) >= 11 is 0. The standard InChI is InChI=1S/C14H14NO3/c1-2-17-15-10-8-12(9-11-15)14(16)18-13-6-4-3-5-7-13/h3-11H,2H2,1H3/q+1. The lowest BCUT2D eigenvalue weighted by Gasteiger charge is -2.02. The summed E-state index contributed by atoms with van der Waals surface area (Å²) in [4.78, 5) is 17.0. The number of carbonyl (C=O) groups excluding carboxylic acids is 1. The first-order valence-corrected chi connectivity index (χ1v) is 5.71. The molecule has 0 unspecified atom stereocenters. The van der Waals surface area contributed by atoms with Crippen LogP contribution in [-0.4, -0.2) is 12.6 Å². The summed E-state index contributed by atoms with van der Waals surface area (Å²) in [5, 5.41) is 0. The number of para-hydroxylation sites is 1. The van der Waals surface area contributed by atoms with Gasteiger partial charge in [-0.25, -0.2) is 4.79 Å². The molecule has 0 radical (unpaired) electrons. The first-order valence-electron chi connectivity index (χ1n) is 5.71.